The van der Waals surface area contributed by atoms with Gasteiger partial charge in [0.25, 0.3) is 0 Å². The second-order valence-electron chi connectivity index (χ2n) is 5.32. The van der Waals surface area contributed by atoms with Crippen LogP contribution in [0.3, 0.4) is 0 Å². The SMILES string of the molecule is CC(C)CCc1ccc(N(S(C)(=O)=O)S(C)(=O)=O)cc1. The summed E-state index contributed by atoms with van der Waals surface area (Å²) in [6.45, 7) is 4.26. The van der Waals surface area contributed by atoms with Crippen LogP contribution >= 0.6 is 0 Å². The van der Waals surface area contributed by atoms with Crippen LogP contribution in [-0.4, -0.2) is 29.3 Å². The first kappa shape index (κ1) is 17.0. The molecule has 7 heteroatoms. The number of rotatable bonds is 6. The smallest absolute Gasteiger partial charge is 0.206 e. The zero-order valence-corrected chi connectivity index (χ0v) is 13.8. The molecule has 0 N–H and O–H groups in total. The van der Waals surface area contributed by atoms with Crippen LogP contribution < -0.4 is 3.71 Å². The largest absolute Gasteiger partial charge is 0.245 e. The first-order valence-electron chi connectivity index (χ1n) is 6.31. The molecule has 0 aliphatic heterocycles. The number of aryl methyl sites for hydroxylation is 1. The van der Waals surface area contributed by atoms with Crippen LogP contribution in [0.1, 0.15) is 25.8 Å². The van der Waals surface area contributed by atoms with Gasteiger partial charge >= 0.3 is 0 Å². The molecule has 1 aromatic carbocycles. The minimum absolute atomic E-state index is 0.142. The van der Waals surface area contributed by atoms with E-state index in [9.17, 15) is 16.8 Å². The van der Waals surface area contributed by atoms with Crippen LogP contribution in [0, 0.1) is 5.92 Å². The molecule has 0 radical (unpaired) electrons. The highest BCUT2D eigenvalue weighted by Gasteiger charge is 2.26. The second-order valence-corrected chi connectivity index (χ2v) is 9.22. The van der Waals surface area contributed by atoms with E-state index in [1.807, 2.05) is 0 Å². The lowest BCUT2D eigenvalue weighted by atomic mass is 10.0. The lowest BCUT2D eigenvalue weighted by Gasteiger charge is -2.19. The molecule has 0 saturated carbocycles. The maximum absolute atomic E-state index is 11.6. The van der Waals surface area contributed by atoms with E-state index in [4.69, 9.17) is 0 Å². The normalized spacial score (nSPS) is 12.7. The molecule has 0 bridgehead atoms. The zero-order chi connectivity index (χ0) is 15.6. The highest BCUT2D eigenvalue weighted by atomic mass is 32.3. The molecule has 114 valence electrons. The van der Waals surface area contributed by atoms with Gasteiger partial charge in [0, 0.05) is 0 Å². The third kappa shape index (κ3) is 4.79. The van der Waals surface area contributed by atoms with E-state index in [-0.39, 0.29) is 5.69 Å². The molecule has 0 amide bonds. The molecule has 1 rings (SSSR count). The second kappa shape index (κ2) is 6.13. The molecule has 0 unspecified atom stereocenters. The summed E-state index contributed by atoms with van der Waals surface area (Å²) in [6.07, 6.45) is 3.67. The van der Waals surface area contributed by atoms with Gasteiger partial charge in [0.1, 0.15) is 0 Å². The Balaban J connectivity index is 3.07. The molecule has 0 spiro atoms. The molecule has 20 heavy (non-hydrogen) atoms. The Kier molecular flexibility index (Phi) is 5.21. The van der Waals surface area contributed by atoms with E-state index >= 15 is 0 Å². The molecule has 0 aliphatic rings. The van der Waals surface area contributed by atoms with E-state index in [1.54, 1.807) is 12.1 Å². The van der Waals surface area contributed by atoms with Crippen molar-refractivity contribution in [1.82, 2.24) is 0 Å². The van der Waals surface area contributed by atoms with E-state index in [0.29, 0.717) is 9.63 Å². The first-order chi connectivity index (χ1) is 9.01. The summed E-state index contributed by atoms with van der Waals surface area (Å²) < 4.78 is 47.0. The van der Waals surface area contributed by atoms with Crippen molar-refractivity contribution < 1.29 is 16.8 Å². The maximum Gasteiger partial charge on any atom is 0.245 e. The summed E-state index contributed by atoms with van der Waals surface area (Å²) >= 11 is 0. The number of hydrogen-bond acceptors (Lipinski definition) is 4. The zero-order valence-electron chi connectivity index (χ0n) is 12.2. The Bertz CT molecular complexity index is 614. The van der Waals surface area contributed by atoms with E-state index < -0.39 is 20.0 Å². The van der Waals surface area contributed by atoms with Crippen molar-refractivity contribution in [3.63, 3.8) is 0 Å². The fourth-order valence-corrected chi connectivity index (χ4v) is 4.85. The third-order valence-electron chi connectivity index (χ3n) is 2.76. The minimum atomic E-state index is -3.87. The van der Waals surface area contributed by atoms with Crippen molar-refractivity contribution in [1.29, 1.82) is 0 Å². The van der Waals surface area contributed by atoms with Gasteiger partial charge in [-0.25, -0.2) is 16.8 Å². The number of anilines is 1. The minimum Gasteiger partial charge on any atom is -0.206 e. The molecule has 0 aliphatic carbocycles. The molecule has 0 saturated heterocycles. The highest BCUT2D eigenvalue weighted by Crippen LogP contribution is 2.22. The van der Waals surface area contributed by atoms with Crippen LogP contribution in [0.5, 0.6) is 0 Å². The summed E-state index contributed by atoms with van der Waals surface area (Å²) in [5.41, 5.74) is 1.20. The van der Waals surface area contributed by atoms with E-state index in [0.717, 1.165) is 30.9 Å². The molecular formula is C13H21NO4S2. The quantitative estimate of drug-likeness (QED) is 0.804. The standard InChI is InChI=1S/C13H21NO4S2/c1-11(2)5-6-12-7-9-13(10-8-12)14(19(3,15)16)20(4,17)18/h7-11H,5-6H2,1-4H3. The number of nitrogens with zero attached hydrogens (tertiary/aromatic N) is 1. The third-order valence-corrected chi connectivity index (χ3v) is 6.01. The fourth-order valence-electron chi connectivity index (χ4n) is 1.87. The van der Waals surface area contributed by atoms with Crippen molar-refractivity contribution in [3.05, 3.63) is 29.8 Å². The van der Waals surface area contributed by atoms with Crippen molar-refractivity contribution in [2.45, 2.75) is 26.7 Å². The Morgan fingerprint density at radius 2 is 1.40 bits per heavy atom. The first-order valence-corrected chi connectivity index (χ1v) is 10.0. The summed E-state index contributed by atoms with van der Waals surface area (Å²) in [7, 11) is -7.74. The van der Waals surface area contributed by atoms with Gasteiger partial charge < -0.3 is 0 Å². The molecule has 5 nitrogen and oxygen atoms in total. The van der Waals surface area contributed by atoms with Gasteiger partial charge in [-0.2, -0.15) is 3.71 Å². The Morgan fingerprint density at radius 1 is 0.950 bits per heavy atom. The van der Waals surface area contributed by atoms with Gasteiger partial charge in [-0.15, -0.1) is 0 Å². The molecule has 0 heterocycles. The predicted molar refractivity (Wildman–Crippen MR) is 81.8 cm³/mol. The van der Waals surface area contributed by atoms with Crippen LogP contribution in [0.2, 0.25) is 0 Å². The van der Waals surface area contributed by atoms with Gasteiger partial charge in [-0.1, -0.05) is 26.0 Å². The molecular weight excluding hydrogens is 298 g/mol. The molecule has 0 fully saturated rings. The van der Waals surface area contributed by atoms with Crippen LogP contribution in [0.15, 0.2) is 24.3 Å². The molecule has 0 aromatic heterocycles. The highest BCUT2D eigenvalue weighted by molar-refractivity contribution is 8.09. The lowest BCUT2D eigenvalue weighted by Crippen LogP contribution is -2.35. The monoisotopic (exact) mass is 319 g/mol. The van der Waals surface area contributed by atoms with Gasteiger partial charge in [0.2, 0.25) is 20.0 Å². The average Bonchev–Trinajstić information content (AvgIpc) is 2.24. The Labute approximate surface area is 121 Å². The predicted octanol–water partition coefficient (Wildman–Crippen LogP) is 2.00. The fraction of sp³-hybridized carbons (Fsp3) is 0.538. The van der Waals surface area contributed by atoms with Crippen molar-refractivity contribution >= 4 is 25.7 Å². The van der Waals surface area contributed by atoms with Gasteiger partial charge in [-0.3, -0.25) is 0 Å². The number of hydrogen-bond donors (Lipinski definition) is 0. The van der Waals surface area contributed by atoms with Crippen molar-refractivity contribution in [3.8, 4) is 0 Å². The summed E-state index contributed by atoms with van der Waals surface area (Å²) in [4.78, 5) is 0. The Hall–Kier alpha value is -1.08. The topological polar surface area (TPSA) is 71.5 Å². The van der Waals surface area contributed by atoms with E-state index in [1.165, 1.54) is 12.1 Å². The van der Waals surface area contributed by atoms with Gasteiger partial charge in [0.15, 0.2) is 0 Å². The Morgan fingerprint density at radius 3 is 1.75 bits per heavy atom. The molecule has 0 atom stereocenters. The van der Waals surface area contributed by atoms with Gasteiger partial charge in [-0.05, 0) is 36.5 Å². The van der Waals surface area contributed by atoms with Gasteiger partial charge in [0.05, 0.1) is 18.2 Å². The lowest BCUT2D eigenvalue weighted by molar-refractivity contribution is 0.586. The van der Waals surface area contributed by atoms with Crippen LogP contribution in [-0.2, 0) is 26.5 Å². The summed E-state index contributed by atoms with van der Waals surface area (Å²) in [5.74, 6) is 0.582. The van der Waals surface area contributed by atoms with Crippen molar-refractivity contribution in [2.75, 3.05) is 16.2 Å². The van der Waals surface area contributed by atoms with Crippen LogP contribution in [0.25, 0.3) is 0 Å². The average molecular weight is 319 g/mol. The summed E-state index contributed by atoms with van der Waals surface area (Å²) in [5, 5.41) is 0. The molecule has 1 aromatic rings. The summed E-state index contributed by atoms with van der Waals surface area (Å²) in [6, 6.07) is 6.58. The maximum atomic E-state index is 11.6. The van der Waals surface area contributed by atoms with Crippen LogP contribution in [0.4, 0.5) is 5.69 Å². The number of sulfonamides is 2. The number of benzene rings is 1. The van der Waals surface area contributed by atoms with E-state index in [2.05, 4.69) is 13.8 Å². The van der Waals surface area contributed by atoms with Crippen molar-refractivity contribution in [2.24, 2.45) is 5.92 Å².